The van der Waals surface area contributed by atoms with Crippen molar-refractivity contribution in [3.63, 3.8) is 0 Å². The number of carbonyl (C=O) groups excluding carboxylic acids is 2. The Labute approximate surface area is 129 Å². The molecule has 3 N–H and O–H groups in total. The van der Waals surface area contributed by atoms with Crippen LogP contribution in [0, 0.1) is 0 Å². The van der Waals surface area contributed by atoms with Gasteiger partial charge in [-0.25, -0.2) is 4.79 Å². The summed E-state index contributed by atoms with van der Waals surface area (Å²) in [7, 11) is 1.37. The lowest BCUT2D eigenvalue weighted by Gasteiger charge is -2.23. The van der Waals surface area contributed by atoms with Crippen molar-refractivity contribution in [1.29, 1.82) is 0 Å². The second-order valence-corrected chi connectivity index (χ2v) is 5.58. The number of nitrogens with two attached hydrogens (primary N) is 1. The number of hydrogen-bond donors (Lipinski definition) is 2. The maximum atomic E-state index is 11.7. The third kappa shape index (κ3) is 6.45. The molecule has 1 aromatic carbocycles. The predicted molar refractivity (Wildman–Crippen MR) is 80.1 cm³/mol. The van der Waals surface area contributed by atoms with Gasteiger partial charge in [-0.15, -0.1) is 0 Å². The molecule has 0 bridgehead atoms. The molecule has 0 aromatic heterocycles. The zero-order chi connectivity index (χ0) is 16.8. The molecule has 1 atom stereocenters. The number of ether oxygens (including phenoxy) is 3. The highest BCUT2D eigenvalue weighted by Gasteiger charge is 2.21. The van der Waals surface area contributed by atoms with Crippen LogP contribution in [0.2, 0.25) is 0 Å². The number of para-hydroxylation sites is 1. The van der Waals surface area contributed by atoms with Crippen molar-refractivity contribution >= 4 is 12.0 Å². The molecule has 122 valence electrons. The van der Waals surface area contributed by atoms with Gasteiger partial charge >= 0.3 is 6.09 Å². The van der Waals surface area contributed by atoms with Gasteiger partial charge in [0.25, 0.3) is 6.41 Å². The van der Waals surface area contributed by atoms with E-state index >= 15 is 0 Å². The second kappa shape index (κ2) is 7.65. The van der Waals surface area contributed by atoms with Crippen LogP contribution in [0.4, 0.5) is 4.79 Å². The zero-order valence-electron chi connectivity index (χ0n) is 13.2. The Kier molecular flexibility index (Phi) is 6.18. The molecule has 0 aliphatic heterocycles. The molecule has 0 spiro atoms. The smallest absolute Gasteiger partial charge is 0.412 e. The molecule has 0 aliphatic carbocycles. The first-order valence-corrected chi connectivity index (χ1v) is 6.76. The number of nitrogens with one attached hydrogen (secondary N) is 1. The van der Waals surface area contributed by atoms with Crippen LogP contribution in [-0.4, -0.2) is 31.1 Å². The summed E-state index contributed by atoms with van der Waals surface area (Å²) in [4.78, 5) is 22.8. The van der Waals surface area contributed by atoms with Gasteiger partial charge in [-0.05, 0) is 26.8 Å². The summed E-state index contributed by atoms with van der Waals surface area (Å²) in [6, 6.07) is 6.86. The fourth-order valence-electron chi connectivity index (χ4n) is 1.61. The molecule has 7 heteroatoms. The van der Waals surface area contributed by atoms with Crippen molar-refractivity contribution in [3.05, 3.63) is 29.8 Å². The molecule has 1 rings (SSSR count). The van der Waals surface area contributed by atoms with Gasteiger partial charge in [-0.2, -0.15) is 0 Å². The van der Waals surface area contributed by atoms with Crippen LogP contribution in [0.5, 0.6) is 5.75 Å². The Bertz CT molecular complexity index is 525. The van der Waals surface area contributed by atoms with E-state index in [9.17, 15) is 9.59 Å². The minimum absolute atomic E-state index is 0.0268. The number of alkyl carbamates (subject to hydrolysis) is 1. The Balaban J connectivity index is 2.74. The molecule has 0 heterocycles. The number of primary amides is 1. The molecule has 0 fully saturated rings. The average molecular weight is 310 g/mol. The lowest BCUT2D eigenvalue weighted by molar-refractivity contribution is -0.117. The fourth-order valence-corrected chi connectivity index (χ4v) is 1.61. The van der Waals surface area contributed by atoms with Gasteiger partial charge in [0.15, 0.2) is 0 Å². The van der Waals surface area contributed by atoms with Gasteiger partial charge in [0.2, 0.25) is 5.91 Å². The zero-order valence-corrected chi connectivity index (χ0v) is 13.2. The van der Waals surface area contributed by atoms with E-state index in [1.54, 1.807) is 45.0 Å². The third-order valence-electron chi connectivity index (χ3n) is 2.42. The summed E-state index contributed by atoms with van der Waals surface area (Å²) in [5.41, 5.74) is 5.16. The van der Waals surface area contributed by atoms with E-state index in [-0.39, 0.29) is 6.42 Å². The van der Waals surface area contributed by atoms with E-state index < -0.39 is 24.0 Å². The van der Waals surface area contributed by atoms with E-state index in [4.69, 9.17) is 19.9 Å². The van der Waals surface area contributed by atoms with E-state index in [1.165, 1.54) is 7.11 Å². The summed E-state index contributed by atoms with van der Waals surface area (Å²) >= 11 is 0. The van der Waals surface area contributed by atoms with Crippen molar-refractivity contribution in [2.75, 3.05) is 7.11 Å². The Morgan fingerprint density at radius 3 is 2.45 bits per heavy atom. The SMILES string of the molecule is COC(NC(=O)OC(C)(C)C)Oc1ccccc1CC(N)=O. The van der Waals surface area contributed by atoms with E-state index in [1.807, 2.05) is 0 Å². The molecular formula is C15H22N2O5. The van der Waals surface area contributed by atoms with Gasteiger partial charge in [0, 0.05) is 12.7 Å². The largest absolute Gasteiger partial charge is 0.446 e. The van der Waals surface area contributed by atoms with Gasteiger partial charge in [0.1, 0.15) is 11.4 Å². The van der Waals surface area contributed by atoms with Crippen molar-refractivity contribution < 1.29 is 23.8 Å². The van der Waals surface area contributed by atoms with Crippen molar-refractivity contribution in [2.45, 2.75) is 39.2 Å². The Morgan fingerprint density at radius 2 is 1.91 bits per heavy atom. The van der Waals surface area contributed by atoms with Gasteiger partial charge < -0.3 is 19.9 Å². The van der Waals surface area contributed by atoms with Gasteiger partial charge in [0.05, 0.1) is 6.42 Å². The Morgan fingerprint density at radius 1 is 1.27 bits per heavy atom. The number of hydrogen-bond acceptors (Lipinski definition) is 5. The van der Waals surface area contributed by atoms with Crippen LogP contribution in [0.15, 0.2) is 24.3 Å². The highest BCUT2D eigenvalue weighted by atomic mass is 16.7. The number of benzene rings is 1. The molecule has 0 saturated carbocycles. The van der Waals surface area contributed by atoms with Crippen molar-refractivity contribution in [2.24, 2.45) is 5.73 Å². The molecule has 0 aliphatic rings. The number of carbonyl (C=O) groups is 2. The Hall–Kier alpha value is -2.28. The first-order chi connectivity index (χ1) is 10.2. The van der Waals surface area contributed by atoms with Crippen LogP contribution in [0.1, 0.15) is 26.3 Å². The molecule has 1 aromatic rings. The summed E-state index contributed by atoms with van der Waals surface area (Å²) in [6.45, 7) is 5.24. The predicted octanol–water partition coefficient (Wildman–Crippen LogP) is 1.55. The summed E-state index contributed by atoms with van der Waals surface area (Å²) < 4.78 is 15.7. The maximum absolute atomic E-state index is 11.7. The van der Waals surface area contributed by atoms with Crippen LogP contribution in [-0.2, 0) is 20.7 Å². The highest BCUT2D eigenvalue weighted by Crippen LogP contribution is 2.19. The summed E-state index contributed by atoms with van der Waals surface area (Å²) in [5, 5.41) is 2.43. The first-order valence-electron chi connectivity index (χ1n) is 6.76. The topological polar surface area (TPSA) is 99.9 Å². The first kappa shape index (κ1) is 17.8. The molecule has 0 saturated heterocycles. The minimum atomic E-state index is -1.05. The fraction of sp³-hybridized carbons (Fsp3) is 0.467. The molecule has 0 radical (unpaired) electrons. The standard InChI is InChI=1S/C15H22N2O5/c1-15(2,3)22-13(19)17-14(20-4)21-11-8-6-5-7-10(11)9-12(16)18/h5-8,14H,9H2,1-4H3,(H2,16,18)(H,17,19). The molecule has 1 unspecified atom stereocenters. The third-order valence-corrected chi connectivity index (χ3v) is 2.42. The van der Waals surface area contributed by atoms with Crippen LogP contribution in [0.25, 0.3) is 0 Å². The van der Waals surface area contributed by atoms with Crippen molar-refractivity contribution in [3.8, 4) is 5.75 Å². The minimum Gasteiger partial charge on any atom is -0.446 e. The number of rotatable bonds is 6. The van der Waals surface area contributed by atoms with Crippen LogP contribution < -0.4 is 15.8 Å². The highest BCUT2D eigenvalue weighted by molar-refractivity contribution is 5.77. The maximum Gasteiger partial charge on any atom is 0.412 e. The lowest BCUT2D eigenvalue weighted by Crippen LogP contribution is -2.43. The van der Waals surface area contributed by atoms with Gasteiger partial charge in [-0.1, -0.05) is 18.2 Å². The molecule has 2 amide bonds. The second-order valence-electron chi connectivity index (χ2n) is 5.58. The molecular weight excluding hydrogens is 288 g/mol. The number of amides is 2. The monoisotopic (exact) mass is 310 g/mol. The normalized spacial score (nSPS) is 12.4. The molecule has 22 heavy (non-hydrogen) atoms. The van der Waals surface area contributed by atoms with Gasteiger partial charge in [-0.3, -0.25) is 10.1 Å². The van der Waals surface area contributed by atoms with E-state index in [0.717, 1.165) is 0 Å². The number of methoxy groups -OCH3 is 1. The quantitative estimate of drug-likeness (QED) is 0.776. The van der Waals surface area contributed by atoms with E-state index in [0.29, 0.717) is 11.3 Å². The lowest BCUT2D eigenvalue weighted by atomic mass is 10.1. The summed E-state index contributed by atoms with van der Waals surface area (Å²) in [6.07, 6.45) is -1.70. The van der Waals surface area contributed by atoms with Crippen LogP contribution in [0.3, 0.4) is 0 Å². The van der Waals surface area contributed by atoms with E-state index in [2.05, 4.69) is 5.32 Å². The molecule has 7 nitrogen and oxygen atoms in total. The summed E-state index contributed by atoms with van der Waals surface area (Å²) in [5.74, 6) is -0.0886. The van der Waals surface area contributed by atoms with Crippen molar-refractivity contribution in [1.82, 2.24) is 5.32 Å². The van der Waals surface area contributed by atoms with Crippen LogP contribution >= 0.6 is 0 Å². The average Bonchev–Trinajstić information content (AvgIpc) is 2.37.